The second-order valence-electron chi connectivity index (χ2n) is 4.90. The van der Waals surface area contributed by atoms with Gasteiger partial charge in [-0.15, -0.1) is 11.8 Å². The summed E-state index contributed by atoms with van der Waals surface area (Å²) in [5.41, 5.74) is 1.23. The van der Waals surface area contributed by atoms with E-state index >= 15 is 0 Å². The second-order valence-corrected chi connectivity index (χ2v) is 6.03. The third-order valence-electron chi connectivity index (χ3n) is 3.58. The van der Waals surface area contributed by atoms with Crippen molar-refractivity contribution in [3.05, 3.63) is 48.3 Å². The van der Waals surface area contributed by atoms with Crippen molar-refractivity contribution >= 4 is 17.7 Å². The zero-order valence-electron chi connectivity index (χ0n) is 11.3. The minimum atomic E-state index is -0.285. The van der Waals surface area contributed by atoms with Gasteiger partial charge in [-0.05, 0) is 31.0 Å². The number of hydrogen-bond acceptors (Lipinski definition) is 3. The number of hydrogen-bond donors (Lipinski definition) is 1. The molecule has 2 atom stereocenters. The Balaban J connectivity index is 1.74. The highest BCUT2D eigenvalue weighted by atomic mass is 32.2. The van der Waals surface area contributed by atoms with E-state index in [2.05, 4.69) is 22.5 Å². The summed E-state index contributed by atoms with van der Waals surface area (Å²) in [5.74, 6) is 1.05. The van der Waals surface area contributed by atoms with Gasteiger partial charge in [0, 0.05) is 23.0 Å². The molecule has 0 saturated carbocycles. The standard InChI is InChI=1S/C15H17N3OS/c1-11(18-9-4-8-16-18)15(19)17-13-7-10-20-14-6-3-2-5-12(13)14/h2-6,8-9,11,13H,7,10H2,1H3,(H,17,19)/t11-,13+/m1/s1. The first-order valence-electron chi connectivity index (χ1n) is 6.77. The van der Waals surface area contributed by atoms with E-state index in [1.54, 1.807) is 10.9 Å². The lowest BCUT2D eigenvalue weighted by Crippen LogP contribution is -2.35. The first-order chi connectivity index (χ1) is 9.75. The third kappa shape index (κ3) is 2.58. The van der Waals surface area contributed by atoms with Crippen molar-refractivity contribution in [3.8, 4) is 0 Å². The maximum Gasteiger partial charge on any atom is 0.245 e. The molecule has 0 aliphatic carbocycles. The van der Waals surface area contributed by atoms with Crippen LogP contribution in [0.15, 0.2) is 47.6 Å². The van der Waals surface area contributed by atoms with Gasteiger partial charge in [0.1, 0.15) is 6.04 Å². The van der Waals surface area contributed by atoms with E-state index in [4.69, 9.17) is 0 Å². The molecule has 5 heteroatoms. The lowest BCUT2D eigenvalue weighted by atomic mass is 10.0. The summed E-state index contributed by atoms with van der Waals surface area (Å²) in [5, 5.41) is 7.28. The van der Waals surface area contributed by atoms with E-state index in [1.807, 2.05) is 43.1 Å². The summed E-state index contributed by atoms with van der Waals surface area (Å²) < 4.78 is 1.68. The van der Waals surface area contributed by atoms with Crippen molar-refractivity contribution in [2.45, 2.75) is 30.3 Å². The number of fused-ring (bicyclic) bond motifs is 1. The number of benzene rings is 1. The molecule has 20 heavy (non-hydrogen) atoms. The van der Waals surface area contributed by atoms with Gasteiger partial charge < -0.3 is 5.32 Å². The van der Waals surface area contributed by atoms with Crippen molar-refractivity contribution in [2.24, 2.45) is 0 Å². The number of thioether (sulfide) groups is 1. The average molecular weight is 287 g/mol. The predicted octanol–water partition coefficient (Wildman–Crippen LogP) is 2.80. The van der Waals surface area contributed by atoms with Crippen LogP contribution in [-0.2, 0) is 4.79 Å². The monoisotopic (exact) mass is 287 g/mol. The van der Waals surface area contributed by atoms with E-state index in [0.717, 1.165) is 12.2 Å². The number of aromatic nitrogens is 2. The molecular formula is C15H17N3OS. The summed E-state index contributed by atoms with van der Waals surface area (Å²) in [7, 11) is 0. The number of nitrogens with one attached hydrogen (secondary N) is 1. The Hall–Kier alpha value is -1.75. The van der Waals surface area contributed by atoms with Crippen LogP contribution in [0.1, 0.15) is 31.0 Å². The molecule has 4 nitrogen and oxygen atoms in total. The normalized spacial score (nSPS) is 19.1. The van der Waals surface area contributed by atoms with E-state index in [9.17, 15) is 4.79 Å². The lowest BCUT2D eigenvalue weighted by Gasteiger charge is -2.27. The van der Waals surface area contributed by atoms with Crippen molar-refractivity contribution in [1.29, 1.82) is 0 Å². The number of carbonyl (C=O) groups excluding carboxylic acids is 1. The molecule has 2 aromatic rings. The Morgan fingerprint density at radius 1 is 1.45 bits per heavy atom. The number of nitrogens with zero attached hydrogens (tertiary/aromatic N) is 2. The molecular weight excluding hydrogens is 270 g/mol. The van der Waals surface area contributed by atoms with Crippen LogP contribution in [0, 0.1) is 0 Å². The molecule has 1 N–H and O–H groups in total. The minimum absolute atomic E-state index is 0.0143. The van der Waals surface area contributed by atoms with Crippen LogP contribution in [0.3, 0.4) is 0 Å². The second kappa shape index (κ2) is 5.71. The zero-order valence-corrected chi connectivity index (χ0v) is 12.1. The van der Waals surface area contributed by atoms with Crippen LogP contribution >= 0.6 is 11.8 Å². The van der Waals surface area contributed by atoms with Crippen molar-refractivity contribution in [2.75, 3.05) is 5.75 Å². The molecule has 1 aliphatic rings. The van der Waals surface area contributed by atoms with E-state index < -0.39 is 0 Å². The summed E-state index contributed by atoms with van der Waals surface area (Å²) in [6, 6.07) is 9.95. The van der Waals surface area contributed by atoms with Crippen LogP contribution in [-0.4, -0.2) is 21.4 Å². The third-order valence-corrected chi connectivity index (χ3v) is 4.70. The van der Waals surface area contributed by atoms with Gasteiger partial charge in [-0.1, -0.05) is 18.2 Å². The number of rotatable bonds is 3. The van der Waals surface area contributed by atoms with Crippen molar-refractivity contribution < 1.29 is 4.79 Å². The maximum atomic E-state index is 12.3. The highest BCUT2D eigenvalue weighted by Crippen LogP contribution is 2.35. The Kier molecular flexibility index (Phi) is 3.78. The SMILES string of the molecule is C[C@H](C(=O)N[C@H]1CCSc2ccccc21)n1cccn1. The van der Waals surface area contributed by atoms with Crippen LogP contribution in [0.25, 0.3) is 0 Å². The first kappa shape index (κ1) is 13.2. The summed E-state index contributed by atoms with van der Waals surface area (Å²) in [4.78, 5) is 13.6. The quantitative estimate of drug-likeness (QED) is 0.944. The van der Waals surface area contributed by atoms with Crippen LogP contribution < -0.4 is 5.32 Å². The van der Waals surface area contributed by atoms with Crippen LogP contribution in [0.5, 0.6) is 0 Å². The summed E-state index contributed by atoms with van der Waals surface area (Å²) >= 11 is 1.86. The molecule has 104 valence electrons. The van der Waals surface area contributed by atoms with Gasteiger partial charge in [-0.25, -0.2) is 0 Å². The molecule has 0 unspecified atom stereocenters. The molecule has 0 saturated heterocycles. The van der Waals surface area contributed by atoms with Gasteiger partial charge in [-0.2, -0.15) is 5.10 Å². The molecule has 2 heterocycles. The minimum Gasteiger partial charge on any atom is -0.347 e. The fourth-order valence-electron chi connectivity index (χ4n) is 2.41. The van der Waals surface area contributed by atoms with Gasteiger partial charge in [0.05, 0.1) is 6.04 Å². The van der Waals surface area contributed by atoms with Gasteiger partial charge >= 0.3 is 0 Å². The Bertz CT molecular complexity index is 597. The predicted molar refractivity (Wildman–Crippen MR) is 79.6 cm³/mol. The zero-order chi connectivity index (χ0) is 13.9. The molecule has 0 radical (unpaired) electrons. The fourth-order valence-corrected chi connectivity index (χ4v) is 3.54. The Labute approximate surface area is 122 Å². The molecule has 3 rings (SSSR count). The van der Waals surface area contributed by atoms with Gasteiger partial charge in [0.15, 0.2) is 0 Å². The average Bonchev–Trinajstić information content (AvgIpc) is 3.01. The van der Waals surface area contributed by atoms with E-state index in [1.165, 1.54) is 10.5 Å². The molecule has 0 spiro atoms. The smallest absolute Gasteiger partial charge is 0.245 e. The van der Waals surface area contributed by atoms with Crippen LogP contribution in [0.4, 0.5) is 0 Å². The van der Waals surface area contributed by atoms with Gasteiger partial charge in [0.25, 0.3) is 0 Å². The highest BCUT2D eigenvalue weighted by Gasteiger charge is 2.24. The van der Waals surface area contributed by atoms with Gasteiger partial charge in [-0.3, -0.25) is 9.48 Å². The number of amides is 1. The van der Waals surface area contributed by atoms with E-state index in [-0.39, 0.29) is 18.0 Å². The molecule has 1 amide bonds. The fraction of sp³-hybridized carbons (Fsp3) is 0.333. The molecule has 0 bridgehead atoms. The van der Waals surface area contributed by atoms with Gasteiger partial charge in [0.2, 0.25) is 5.91 Å². The maximum absolute atomic E-state index is 12.3. The lowest BCUT2D eigenvalue weighted by molar-refractivity contribution is -0.125. The summed E-state index contributed by atoms with van der Waals surface area (Å²) in [6.07, 6.45) is 4.48. The van der Waals surface area contributed by atoms with E-state index in [0.29, 0.717) is 0 Å². The molecule has 1 aliphatic heterocycles. The van der Waals surface area contributed by atoms with Crippen LogP contribution in [0.2, 0.25) is 0 Å². The largest absolute Gasteiger partial charge is 0.347 e. The van der Waals surface area contributed by atoms with Crippen molar-refractivity contribution in [1.82, 2.24) is 15.1 Å². The topological polar surface area (TPSA) is 46.9 Å². The molecule has 1 aromatic carbocycles. The van der Waals surface area contributed by atoms with Crippen molar-refractivity contribution in [3.63, 3.8) is 0 Å². The molecule has 0 fully saturated rings. The Morgan fingerprint density at radius 2 is 2.30 bits per heavy atom. The molecule has 1 aromatic heterocycles. The highest BCUT2D eigenvalue weighted by molar-refractivity contribution is 7.99. The number of carbonyl (C=O) groups is 1. The Morgan fingerprint density at radius 3 is 3.10 bits per heavy atom. The summed E-state index contributed by atoms with van der Waals surface area (Å²) in [6.45, 7) is 1.87. The first-order valence-corrected chi connectivity index (χ1v) is 7.75.